The van der Waals surface area contributed by atoms with E-state index in [2.05, 4.69) is 38.2 Å². The van der Waals surface area contributed by atoms with Crippen molar-refractivity contribution in [3.05, 3.63) is 58.4 Å². The molecule has 4 rings (SSSR count). The van der Waals surface area contributed by atoms with Crippen molar-refractivity contribution in [1.82, 2.24) is 20.5 Å². The number of amidine groups is 1. The fourth-order valence-corrected chi connectivity index (χ4v) is 6.22. The van der Waals surface area contributed by atoms with Gasteiger partial charge in [0.25, 0.3) is 5.91 Å². The smallest absolute Gasteiger partial charge is 0.313 e. The average molecular weight is 1120 g/mol. The molecule has 1 fully saturated rings. The highest BCUT2D eigenvalue weighted by Crippen LogP contribution is 2.28. The van der Waals surface area contributed by atoms with Crippen LogP contribution in [0.4, 0.5) is 23.2 Å². The number of pyridine rings is 1. The Balaban J connectivity index is 0.000000838. The van der Waals surface area contributed by atoms with E-state index in [1.807, 2.05) is 11.8 Å². The van der Waals surface area contributed by atoms with E-state index in [4.69, 9.17) is 58.2 Å². The maximum absolute atomic E-state index is 13.5. The minimum Gasteiger partial charge on any atom is -0.420 e. The Hall–Kier alpha value is -5.70. The Bertz CT molecular complexity index is 2030. The van der Waals surface area contributed by atoms with Crippen LogP contribution in [0.25, 0.3) is 6.08 Å². The zero-order valence-electron chi connectivity index (χ0n) is 44.8. The van der Waals surface area contributed by atoms with Crippen molar-refractivity contribution in [2.75, 3.05) is 165 Å². The number of hydrogen-bond donors (Lipinski definition) is 4. The number of amides is 3. The van der Waals surface area contributed by atoms with Gasteiger partial charge in [0, 0.05) is 57.0 Å². The molecule has 78 heavy (non-hydrogen) atoms. The van der Waals surface area contributed by atoms with E-state index >= 15 is 0 Å². The second-order valence-electron chi connectivity index (χ2n) is 15.9. The molecule has 0 bridgehead atoms. The normalized spacial score (nSPS) is 12.5. The number of nitrogens with zero attached hydrogens (tertiary/aromatic N) is 3. The van der Waals surface area contributed by atoms with E-state index < -0.39 is 41.4 Å². The monoisotopic (exact) mass is 1120 g/mol. The lowest BCUT2D eigenvalue weighted by Crippen LogP contribution is -2.27. The van der Waals surface area contributed by atoms with Crippen LogP contribution in [0.2, 0.25) is 0 Å². The highest BCUT2D eigenvalue weighted by Gasteiger charge is 2.24. The molecule has 2 aromatic rings. The van der Waals surface area contributed by atoms with Crippen LogP contribution >= 0.6 is 0 Å². The van der Waals surface area contributed by atoms with E-state index in [0.29, 0.717) is 160 Å². The second kappa shape index (κ2) is 47.3. The first-order chi connectivity index (χ1) is 38.0. The Morgan fingerprint density at radius 2 is 1.10 bits per heavy atom. The molecule has 0 spiro atoms. The summed E-state index contributed by atoms with van der Waals surface area (Å²) < 4.78 is 111. The second-order valence-corrected chi connectivity index (χ2v) is 15.9. The summed E-state index contributed by atoms with van der Waals surface area (Å²) in [5.41, 5.74) is 8.08. The van der Waals surface area contributed by atoms with Gasteiger partial charge < -0.3 is 78.5 Å². The van der Waals surface area contributed by atoms with Crippen molar-refractivity contribution in [2.24, 2.45) is 10.7 Å². The predicted octanol–water partition coefficient (Wildman–Crippen LogP) is 3.32. The number of aromatic nitrogens is 1. The highest BCUT2D eigenvalue weighted by atomic mass is 19.2. The van der Waals surface area contributed by atoms with Crippen LogP contribution in [0, 0.1) is 36.1 Å². The van der Waals surface area contributed by atoms with E-state index in [1.165, 1.54) is 0 Å². The third kappa shape index (κ3) is 32.9. The van der Waals surface area contributed by atoms with E-state index in [0.717, 1.165) is 32.4 Å². The number of esters is 1. The molecular formula is C52H78F4N6O16. The average Bonchev–Trinajstić information content (AvgIpc) is 3.95. The number of halogens is 4. The lowest BCUT2D eigenvalue weighted by atomic mass is 10.1. The van der Waals surface area contributed by atoms with Gasteiger partial charge in [-0.15, -0.1) is 12.8 Å². The predicted molar refractivity (Wildman–Crippen MR) is 278 cm³/mol. The molecule has 0 radical (unpaired) electrons. The molecule has 2 aliphatic heterocycles. The van der Waals surface area contributed by atoms with Crippen molar-refractivity contribution in [3.63, 3.8) is 0 Å². The maximum atomic E-state index is 13.5. The molecule has 26 heteroatoms. The molecule has 0 atom stereocenters. The summed E-state index contributed by atoms with van der Waals surface area (Å²) in [6.07, 6.45) is 14.7. The molecule has 22 nitrogen and oxygen atoms in total. The number of hydrogen-bond acceptors (Lipinski definition) is 19. The van der Waals surface area contributed by atoms with Crippen molar-refractivity contribution < 1.29 is 94.0 Å². The Morgan fingerprint density at radius 1 is 0.679 bits per heavy atom. The third-order valence-electron chi connectivity index (χ3n) is 9.87. The van der Waals surface area contributed by atoms with Gasteiger partial charge in [0.2, 0.25) is 29.7 Å². The van der Waals surface area contributed by atoms with Gasteiger partial charge in [-0.25, -0.2) is 13.8 Å². The largest absolute Gasteiger partial charge is 0.420 e. The number of aliphatic imine (C=N–C) groups is 1. The van der Waals surface area contributed by atoms with Crippen LogP contribution in [0.5, 0.6) is 5.75 Å². The Morgan fingerprint density at radius 3 is 1.53 bits per heavy atom. The van der Waals surface area contributed by atoms with Gasteiger partial charge >= 0.3 is 5.97 Å². The number of likely N-dealkylation sites (tertiary alicyclic amines) is 1. The number of nitrogens with two attached hydrogens (primary N) is 1. The summed E-state index contributed by atoms with van der Waals surface area (Å²) in [5, 5.41) is 12.9. The van der Waals surface area contributed by atoms with Gasteiger partial charge in [-0.3, -0.25) is 24.2 Å². The lowest BCUT2D eigenvalue weighted by Gasteiger charge is -2.15. The van der Waals surface area contributed by atoms with Gasteiger partial charge in [-0.1, -0.05) is 6.92 Å². The number of aliphatic hydroxyl groups is 1. The van der Waals surface area contributed by atoms with Gasteiger partial charge in [0.1, 0.15) is 5.84 Å². The van der Waals surface area contributed by atoms with Crippen molar-refractivity contribution in [2.45, 2.75) is 46.0 Å². The van der Waals surface area contributed by atoms with Crippen LogP contribution in [0.1, 0.15) is 62.0 Å². The first-order valence-electron chi connectivity index (χ1n) is 25.5. The van der Waals surface area contributed by atoms with E-state index in [1.54, 1.807) is 25.3 Å². The SMILES string of the molecule is C#C.CCCNC(=O)C1=Cc2ncc(C(=O)N3CCCC3)cc2N=C(N)C1.CCO.O=CNCCOCCOCCOCCOCCOCCOCCOCCOCCOCCOCCC(=O)Oc1c(F)c(F)cc(F)c1F. The first-order valence-corrected chi connectivity index (χ1v) is 25.5. The van der Waals surface area contributed by atoms with Gasteiger partial charge in [-0.05, 0) is 38.3 Å². The molecule has 0 unspecified atom stereocenters. The molecule has 3 amide bonds. The number of benzene rings is 1. The van der Waals surface area contributed by atoms with E-state index in [9.17, 15) is 36.7 Å². The fraction of sp³-hybridized carbons (Fsp3) is 0.615. The number of ether oxygens (including phenoxy) is 11. The Kier molecular flexibility index (Phi) is 42.7. The molecule has 1 aromatic carbocycles. The molecule has 5 N–H and O–H groups in total. The van der Waals surface area contributed by atoms with E-state index in [-0.39, 0.29) is 50.7 Å². The van der Waals surface area contributed by atoms with Gasteiger partial charge in [0.15, 0.2) is 11.6 Å². The van der Waals surface area contributed by atoms with Crippen molar-refractivity contribution >= 4 is 41.8 Å². The standard InChI is InChI=1S/C30H47F4NO13.C18H23N5O2.C2H6O.C2H2/c31-25-23-26(32)29(34)30(28(25)33)48-27(37)1-3-38-5-7-40-9-11-42-13-15-44-17-19-46-21-22-47-20-18-45-16-14-43-12-10-41-8-6-39-4-2-35-24-36;1-2-5-20-17(24)12-8-14-15(22-16(19)10-12)9-13(11-21-14)18(25)23-6-3-4-7-23;1-2-3;1-2/h23-24H,1-22H2,(H,35,36);8-9,11H,2-7,10H2,1H3,(H2,19,22)(H,20,24);3H,2H2,1H3;1-2H. The van der Waals surface area contributed by atoms with Crippen LogP contribution in [0.3, 0.4) is 0 Å². The zero-order chi connectivity index (χ0) is 57.4. The van der Waals surface area contributed by atoms with Gasteiger partial charge in [-0.2, -0.15) is 8.78 Å². The Labute approximate surface area is 453 Å². The summed E-state index contributed by atoms with van der Waals surface area (Å²) in [6.45, 7) is 14.0. The lowest BCUT2D eigenvalue weighted by molar-refractivity contribution is -0.136. The number of rotatable bonds is 39. The van der Waals surface area contributed by atoms with Crippen LogP contribution in [0.15, 0.2) is 28.9 Å². The van der Waals surface area contributed by atoms with Crippen molar-refractivity contribution in [3.8, 4) is 18.6 Å². The molecule has 2 aliphatic rings. The zero-order valence-corrected chi connectivity index (χ0v) is 44.8. The molecule has 0 aliphatic carbocycles. The molecule has 3 heterocycles. The fourth-order valence-electron chi connectivity index (χ4n) is 6.22. The van der Waals surface area contributed by atoms with Crippen LogP contribution in [-0.2, 0) is 61.8 Å². The van der Waals surface area contributed by atoms with Crippen LogP contribution < -0.4 is 21.1 Å². The first kappa shape index (κ1) is 70.3. The molecular weight excluding hydrogens is 1040 g/mol. The number of nitrogens with one attached hydrogen (secondary N) is 2. The molecule has 0 saturated carbocycles. The van der Waals surface area contributed by atoms with Gasteiger partial charge in [0.05, 0.1) is 156 Å². The number of terminal acetylenes is 1. The number of carbonyl (C=O) groups is 4. The maximum Gasteiger partial charge on any atom is 0.313 e. The van der Waals surface area contributed by atoms with Crippen LogP contribution in [-0.4, -0.2) is 210 Å². The highest BCUT2D eigenvalue weighted by molar-refractivity contribution is 6.05. The molecule has 440 valence electrons. The molecule has 1 saturated heterocycles. The van der Waals surface area contributed by atoms with Crippen molar-refractivity contribution in [1.29, 1.82) is 0 Å². The number of carbonyl (C=O) groups excluding carboxylic acids is 4. The molecule has 1 aromatic heterocycles. The summed E-state index contributed by atoms with van der Waals surface area (Å²) in [6, 6.07) is 1.72. The minimum absolute atomic E-state index is 0.0159. The summed E-state index contributed by atoms with van der Waals surface area (Å²) >= 11 is 0. The number of fused-ring (bicyclic) bond motifs is 1. The topological polar surface area (TPSA) is 269 Å². The summed E-state index contributed by atoms with van der Waals surface area (Å²) in [5.74, 6) is -9.35. The third-order valence-corrected chi connectivity index (χ3v) is 9.87. The summed E-state index contributed by atoms with van der Waals surface area (Å²) in [4.78, 5) is 57.0. The number of aliphatic hydroxyl groups excluding tert-OH is 1. The quantitative estimate of drug-likeness (QED) is 0.0142. The summed E-state index contributed by atoms with van der Waals surface area (Å²) in [7, 11) is 0. The minimum atomic E-state index is -1.80.